The lowest BCUT2D eigenvalue weighted by atomic mass is 9.97. The molecule has 6 nitrogen and oxygen atoms in total. The van der Waals surface area contributed by atoms with Gasteiger partial charge in [-0.25, -0.2) is 9.97 Å². The van der Waals surface area contributed by atoms with Crippen LogP contribution in [0.3, 0.4) is 0 Å². The Balaban J connectivity index is 2.04. The first kappa shape index (κ1) is 14.7. The van der Waals surface area contributed by atoms with Crippen molar-refractivity contribution in [2.45, 2.75) is 26.7 Å². The predicted octanol–water partition coefficient (Wildman–Crippen LogP) is 0.418. The van der Waals surface area contributed by atoms with Gasteiger partial charge in [0.2, 0.25) is 11.9 Å². The number of nitrogens with zero attached hydrogens (tertiary/aromatic N) is 3. The highest BCUT2D eigenvalue weighted by Gasteiger charge is 2.27. The Hall–Kier alpha value is -1.69. The maximum absolute atomic E-state index is 12.0. The topological polar surface area (TPSA) is 78.4 Å². The standard InChI is InChI=1S/C14H22N4O2/c1-10-8-11(2)17-14(16-10)18-6-3-4-12(9-18)13(20)15-5-7-19/h8,12,19H,3-7,9H2,1-2H3,(H,15,20)/t12-/m0/s1. The van der Waals surface area contributed by atoms with Crippen LogP contribution in [0.25, 0.3) is 0 Å². The largest absolute Gasteiger partial charge is 0.395 e. The van der Waals surface area contributed by atoms with Crippen LogP contribution in [0.15, 0.2) is 6.07 Å². The summed E-state index contributed by atoms with van der Waals surface area (Å²) in [6, 6.07) is 1.94. The van der Waals surface area contributed by atoms with Gasteiger partial charge in [0, 0.05) is 31.0 Å². The summed E-state index contributed by atoms with van der Waals surface area (Å²) >= 11 is 0. The normalized spacial score (nSPS) is 18.9. The highest BCUT2D eigenvalue weighted by molar-refractivity contribution is 5.79. The summed E-state index contributed by atoms with van der Waals surface area (Å²) in [5.74, 6) is 0.662. The van der Waals surface area contributed by atoms with Crippen LogP contribution in [0.1, 0.15) is 24.2 Å². The summed E-state index contributed by atoms with van der Waals surface area (Å²) in [6.45, 7) is 5.71. The molecule has 1 aromatic heterocycles. The molecule has 0 unspecified atom stereocenters. The van der Waals surface area contributed by atoms with Crippen LogP contribution in [-0.4, -0.2) is 47.2 Å². The van der Waals surface area contributed by atoms with E-state index in [0.717, 1.165) is 30.8 Å². The van der Waals surface area contributed by atoms with E-state index in [1.54, 1.807) is 0 Å². The van der Waals surface area contributed by atoms with Gasteiger partial charge in [0.25, 0.3) is 0 Å². The molecule has 1 aliphatic heterocycles. The molecule has 1 aliphatic rings. The Morgan fingerprint density at radius 1 is 1.45 bits per heavy atom. The first-order chi connectivity index (χ1) is 9.60. The second kappa shape index (κ2) is 6.65. The van der Waals surface area contributed by atoms with Crippen LogP contribution >= 0.6 is 0 Å². The van der Waals surface area contributed by atoms with E-state index in [0.29, 0.717) is 19.0 Å². The third-order valence-electron chi connectivity index (χ3n) is 3.46. The second-order valence-corrected chi connectivity index (χ2v) is 5.25. The molecule has 2 heterocycles. The molecule has 2 N–H and O–H groups in total. The fourth-order valence-corrected chi connectivity index (χ4v) is 2.54. The lowest BCUT2D eigenvalue weighted by molar-refractivity contribution is -0.125. The van der Waals surface area contributed by atoms with Crippen molar-refractivity contribution in [2.24, 2.45) is 5.92 Å². The average Bonchev–Trinajstić information content (AvgIpc) is 2.44. The number of carbonyl (C=O) groups is 1. The number of hydrogen-bond acceptors (Lipinski definition) is 5. The first-order valence-corrected chi connectivity index (χ1v) is 7.06. The third-order valence-corrected chi connectivity index (χ3v) is 3.46. The summed E-state index contributed by atoms with van der Waals surface area (Å²) in [6.07, 6.45) is 1.83. The van der Waals surface area contributed by atoms with E-state index in [9.17, 15) is 4.79 Å². The Kier molecular flexibility index (Phi) is 4.89. The number of aryl methyl sites for hydroxylation is 2. The number of hydrogen-bond donors (Lipinski definition) is 2. The van der Waals surface area contributed by atoms with Gasteiger partial charge in [0.15, 0.2) is 0 Å². The van der Waals surface area contributed by atoms with Crippen molar-refractivity contribution in [3.8, 4) is 0 Å². The van der Waals surface area contributed by atoms with E-state index in [2.05, 4.69) is 20.2 Å². The van der Waals surface area contributed by atoms with Crippen molar-refractivity contribution in [3.05, 3.63) is 17.5 Å². The number of aliphatic hydroxyl groups excluding tert-OH is 1. The maximum atomic E-state index is 12.0. The van der Waals surface area contributed by atoms with E-state index in [1.165, 1.54) is 0 Å². The zero-order valence-corrected chi connectivity index (χ0v) is 12.1. The number of carbonyl (C=O) groups excluding carboxylic acids is 1. The van der Waals surface area contributed by atoms with Gasteiger partial charge >= 0.3 is 0 Å². The SMILES string of the molecule is Cc1cc(C)nc(N2CCC[C@H](C(=O)NCCO)C2)n1. The van der Waals surface area contributed by atoms with Crippen LogP contribution < -0.4 is 10.2 Å². The molecular weight excluding hydrogens is 256 g/mol. The lowest BCUT2D eigenvalue weighted by Crippen LogP contribution is -2.44. The van der Waals surface area contributed by atoms with Crippen LogP contribution in [0, 0.1) is 19.8 Å². The van der Waals surface area contributed by atoms with E-state index in [-0.39, 0.29) is 18.4 Å². The minimum absolute atomic E-state index is 0.00752. The Bertz CT molecular complexity index is 458. The minimum Gasteiger partial charge on any atom is -0.395 e. The number of rotatable bonds is 4. The van der Waals surface area contributed by atoms with Crippen molar-refractivity contribution in [2.75, 3.05) is 31.1 Å². The Labute approximate surface area is 119 Å². The molecule has 0 radical (unpaired) electrons. The molecular formula is C14H22N4O2. The first-order valence-electron chi connectivity index (χ1n) is 7.06. The van der Waals surface area contributed by atoms with E-state index < -0.39 is 0 Å². The van der Waals surface area contributed by atoms with Crippen molar-refractivity contribution < 1.29 is 9.90 Å². The fourth-order valence-electron chi connectivity index (χ4n) is 2.54. The van der Waals surface area contributed by atoms with Gasteiger partial charge in [-0.2, -0.15) is 0 Å². The quantitative estimate of drug-likeness (QED) is 0.834. The van der Waals surface area contributed by atoms with Gasteiger partial charge in [-0.1, -0.05) is 0 Å². The maximum Gasteiger partial charge on any atom is 0.225 e. The summed E-state index contributed by atoms with van der Waals surface area (Å²) in [5, 5.41) is 11.5. The van der Waals surface area contributed by atoms with Crippen LogP contribution in [0.4, 0.5) is 5.95 Å². The van der Waals surface area contributed by atoms with Crippen molar-refractivity contribution in [1.29, 1.82) is 0 Å². The molecule has 2 rings (SSSR count). The van der Waals surface area contributed by atoms with Crippen LogP contribution in [0.2, 0.25) is 0 Å². The van der Waals surface area contributed by atoms with Crippen molar-refractivity contribution in [1.82, 2.24) is 15.3 Å². The van der Waals surface area contributed by atoms with E-state index in [1.807, 2.05) is 19.9 Å². The Morgan fingerprint density at radius 2 is 2.15 bits per heavy atom. The molecule has 110 valence electrons. The molecule has 0 spiro atoms. The van der Waals surface area contributed by atoms with E-state index >= 15 is 0 Å². The highest BCUT2D eigenvalue weighted by Crippen LogP contribution is 2.21. The van der Waals surface area contributed by atoms with Crippen molar-refractivity contribution >= 4 is 11.9 Å². The molecule has 0 aromatic carbocycles. The second-order valence-electron chi connectivity index (χ2n) is 5.25. The number of anilines is 1. The molecule has 20 heavy (non-hydrogen) atoms. The van der Waals surface area contributed by atoms with Gasteiger partial charge in [0.05, 0.1) is 12.5 Å². The summed E-state index contributed by atoms with van der Waals surface area (Å²) in [7, 11) is 0. The monoisotopic (exact) mass is 278 g/mol. The zero-order chi connectivity index (χ0) is 14.5. The number of nitrogens with one attached hydrogen (secondary N) is 1. The van der Waals surface area contributed by atoms with Crippen LogP contribution in [0.5, 0.6) is 0 Å². The number of amides is 1. The molecule has 6 heteroatoms. The molecule has 1 aromatic rings. The van der Waals surface area contributed by atoms with Gasteiger partial charge in [-0.15, -0.1) is 0 Å². The number of aromatic nitrogens is 2. The average molecular weight is 278 g/mol. The molecule has 0 bridgehead atoms. The number of aliphatic hydroxyl groups is 1. The molecule has 1 atom stereocenters. The predicted molar refractivity (Wildman–Crippen MR) is 76.5 cm³/mol. The fraction of sp³-hybridized carbons (Fsp3) is 0.643. The zero-order valence-electron chi connectivity index (χ0n) is 12.1. The van der Waals surface area contributed by atoms with Crippen LogP contribution in [-0.2, 0) is 4.79 Å². The third kappa shape index (κ3) is 3.66. The lowest BCUT2D eigenvalue weighted by Gasteiger charge is -2.32. The van der Waals surface area contributed by atoms with E-state index in [4.69, 9.17) is 5.11 Å². The molecule has 1 amide bonds. The Morgan fingerprint density at radius 3 is 2.80 bits per heavy atom. The van der Waals surface area contributed by atoms with Crippen molar-refractivity contribution in [3.63, 3.8) is 0 Å². The van der Waals surface area contributed by atoms with Gasteiger partial charge < -0.3 is 15.3 Å². The van der Waals surface area contributed by atoms with Gasteiger partial charge in [-0.3, -0.25) is 4.79 Å². The highest BCUT2D eigenvalue weighted by atomic mass is 16.3. The molecule has 1 fully saturated rings. The van der Waals surface area contributed by atoms with Gasteiger partial charge in [0.1, 0.15) is 0 Å². The molecule has 0 aliphatic carbocycles. The number of piperidine rings is 1. The van der Waals surface area contributed by atoms with Gasteiger partial charge in [-0.05, 0) is 32.8 Å². The molecule has 1 saturated heterocycles. The summed E-state index contributed by atoms with van der Waals surface area (Å²) in [4.78, 5) is 23.0. The smallest absolute Gasteiger partial charge is 0.225 e. The minimum atomic E-state index is -0.0558. The summed E-state index contributed by atoms with van der Waals surface area (Å²) in [5.41, 5.74) is 1.89. The summed E-state index contributed by atoms with van der Waals surface area (Å²) < 4.78 is 0. The molecule has 0 saturated carbocycles.